The van der Waals surface area contributed by atoms with Gasteiger partial charge in [-0.15, -0.1) is 0 Å². The first-order valence-electron chi connectivity index (χ1n) is 8.44. The van der Waals surface area contributed by atoms with Crippen LogP contribution in [0.2, 0.25) is 5.02 Å². The average molecular weight is 403 g/mol. The molecule has 2 rings (SSSR count). The first-order chi connectivity index (χ1) is 13.3. The number of benzene rings is 2. The summed E-state index contributed by atoms with van der Waals surface area (Å²) < 4.78 is 4.94. The number of ketones is 1. The van der Waals surface area contributed by atoms with Gasteiger partial charge in [0.2, 0.25) is 0 Å². The molecule has 0 saturated carbocycles. The van der Waals surface area contributed by atoms with E-state index in [-0.39, 0.29) is 23.0 Å². The number of ether oxygens (including phenoxy) is 1. The Bertz CT molecular complexity index is 894. The molecule has 146 valence electrons. The number of hydrogen-bond donors (Lipinski definition) is 2. The molecule has 0 bridgehead atoms. The molecule has 2 aromatic carbocycles. The second kappa shape index (κ2) is 9.66. The monoisotopic (exact) mass is 402 g/mol. The lowest BCUT2D eigenvalue weighted by Gasteiger charge is -2.11. The number of nitrogens with one attached hydrogen (secondary N) is 2. The largest absolute Gasteiger partial charge is 0.452 e. The standard InChI is InChI=1S/C20H19ClN2O5/c1-12(2)22-20(27)23-17(24)11-28-19(26)16-6-4-3-5-15(16)18(25)13-7-9-14(21)10-8-13/h3-10,12H,11H2,1-2H3,(H2,22,23,24,27). The van der Waals surface area contributed by atoms with E-state index >= 15 is 0 Å². The van der Waals surface area contributed by atoms with E-state index in [2.05, 4.69) is 5.32 Å². The molecule has 0 saturated heterocycles. The Hall–Kier alpha value is -3.19. The molecule has 0 aromatic heterocycles. The number of halogens is 1. The van der Waals surface area contributed by atoms with Gasteiger partial charge in [0.15, 0.2) is 12.4 Å². The van der Waals surface area contributed by atoms with E-state index in [1.807, 2.05) is 5.32 Å². The first-order valence-corrected chi connectivity index (χ1v) is 8.82. The van der Waals surface area contributed by atoms with Crippen LogP contribution in [-0.2, 0) is 9.53 Å². The highest BCUT2D eigenvalue weighted by Crippen LogP contribution is 2.17. The lowest BCUT2D eigenvalue weighted by Crippen LogP contribution is -2.44. The third-order valence-corrected chi connectivity index (χ3v) is 3.76. The highest BCUT2D eigenvalue weighted by Gasteiger charge is 2.20. The fourth-order valence-electron chi connectivity index (χ4n) is 2.29. The Morgan fingerprint density at radius 2 is 1.57 bits per heavy atom. The second-order valence-electron chi connectivity index (χ2n) is 6.13. The van der Waals surface area contributed by atoms with Gasteiger partial charge in [-0.2, -0.15) is 0 Å². The van der Waals surface area contributed by atoms with Crippen LogP contribution >= 0.6 is 11.6 Å². The van der Waals surface area contributed by atoms with E-state index in [9.17, 15) is 19.2 Å². The van der Waals surface area contributed by atoms with Crippen molar-refractivity contribution in [3.05, 3.63) is 70.2 Å². The summed E-state index contributed by atoms with van der Waals surface area (Å²) in [7, 11) is 0. The summed E-state index contributed by atoms with van der Waals surface area (Å²) in [4.78, 5) is 48.2. The second-order valence-corrected chi connectivity index (χ2v) is 6.57. The van der Waals surface area contributed by atoms with Crippen LogP contribution in [0.1, 0.15) is 40.1 Å². The molecule has 0 aliphatic carbocycles. The van der Waals surface area contributed by atoms with E-state index in [1.165, 1.54) is 12.1 Å². The van der Waals surface area contributed by atoms with Gasteiger partial charge in [0, 0.05) is 22.2 Å². The van der Waals surface area contributed by atoms with Gasteiger partial charge in [0.05, 0.1) is 5.56 Å². The predicted molar refractivity (Wildman–Crippen MR) is 103 cm³/mol. The molecule has 0 fully saturated rings. The molecule has 2 N–H and O–H groups in total. The highest BCUT2D eigenvalue weighted by atomic mass is 35.5. The number of amides is 3. The molecule has 0 heterocycles. The maximum atomic E-state index is 12.7. The smallest absolute Gasteiger partial charge is 0.339 e. The van der Waals surface area contributed by atoms with Crippen LogP contribution in [0.25, 0.3) is 0 Å². The molecule has 0 radical (unpaired) electrons. The van der Waals surface area contributed by atoms with Gasteiger partial charge < -0.3 is 10.1 Å². The number of carbonyl (C=O) groups is 4. The Morgan fingerprint density at radius 1 is 0.964 bits per heavy atom. The molecule has 28 heavy (non-hydrogen) atoms. The van der Waals surface area contributed by atoms with E-state index in [1.54, 1.807) is 50.2 Å². The minimum atomic E-state index is -0.850. The lowest BCUT2D eigenvalue weighted by atomic mass is 9.98. The summed E-state index contributed by atoms with van der Waals surface area (Å²) >= 11 is 5.83. The summed E-state index contributed by atoms with van der Waals surface area (Å²) in [5.74, 6) is -2.02. The van der Waals surface area contributed by atoms with Crippen LogP contribution in [0.4, 0.5) is 4.79 Å². The van der Waals surface area contributed by atoms with Crippen molar-refractivity contribution >= 4 is 35.3 Å². The summed E-state index contributed by atoms with van der Waals surface area (Å²) in [6, 6.07) is 11.5. The van der Waals surface area contributed by atoms with Crippen LogP contribution in [0.15, 0.2) is 48.5 Å². The van der Waals surface area contributed by atoms with Gasteiger partial charge in [-0.3, -0.25) is 14.9 Å². The molecular weight excluding hydrogens is 384 g/mol. The van der Waals surface area contributed by atoms with Crippen LogP contribution in [0, 0.1) is 0 Å². The highest BCUT2D eigenvalue weighted by molar-refractivity contribution is 6.30. The van der Waals surface area contributed by atoms with Crippen molar-refractivity contribution in [2.45, 2.75) is 19.9 Å². The maximum Gasteiger partial charge on any atom is 0.339 e. The van der Waals surface area contributed by atoms with Gasteiger partial charge >= 0.3 is 12.0 Å². The van der Waals surface area contributed by atoms with E-state index in [0.717, 1.165) is 0 Å². The molecule has 2 aromatic rings. The minimum absolute atomic E-state index is 0.0156. The number of imide groups is 1. The van der Waals surface area contributed by atoms with Crippen molar-refractivity contribution in [1.82, 2.24) is 10.6 Å². The van der Waals surface area contributed by atoms with Crippen molar-refractivity contribution < 1.29 is 23.9 Å². The maximum absolute atomic E-state index is 12.7. The summed E-state index contributed by atoms with van der Waals surface area (Å²) in [6.45, 7) is 2.81. The number of urea groups is 1. The molecule has 0 spiro atoms. The van der Waals surface area contributed by atoms with Gasteiger partial charge in [-0.05, 0) is 44.2 Å². The topological polar surface area (TPSA) is 102 Å². The predicted octanol–water partition coefficient (Wildman–Crippen LogP) is 2.96. The zero-order valence-corrected chi connectivity index (χ0v) is 16.1. The lowest BCUT2D eigenvalue weighted by molar-refractivity contribution is -0.123. The number of esters is 1. The molecule has 0 unspecified atom stereocenters. The summed E-state index contributed by atoms with van der Waals surface area (Å²) in [5.41, 5.74) is 0.502. The van der Waals surface area contributed by atoms with Crippen molar-refractivity contribution in [2.75, 3.05) is 6.61 Å². The van der Waals surface area contributed by atoms with Crippen LogP contribution in [-0.4, -0.2) is 36.3 Å². The average Bonchev–Trinajstić information content (AvgIpc) is 2.65. The van der Waals surface area contributed by atoms with Crippen molar-refractivity contribution in [2.24, 2.45) is 0 Å². The van der Waals surface area contributed by atoms with E-state index in [4.69, 9.17) is 16.3 Å². The quantitative estimate of drug-likeness (QED) is 0.571. The van der Waals surface area contributed by atoms with Gasteiger partial charge in [-0.1, -0.05) is 29.8 Å². The fourth-order valence-corrected chi connectivity index (χ4v) is 2.41. The molecule has 7 nitrogen and oxygen atoms in total. The molecule has 0 aliphatic heterocycles. The van der Waals surface area contributed by atoms with Gasteiger partial charge in [-0.25, -0.2) is 9.59 Å². The molecule has 0 atom stereocenters. The Balaban J connectivity index is 2.06. The molecule has 8 heteroatoms. The van der Waals surface area contributed by atoms with Crippen LogP contribution in [0.3, 0.4) is 0 Å². The van der Waals surface area contributed by atoms with Crippen LogP contribution < -0.4 is 10.6 Å². The SMILES string of the molecule is CC(C)NC(=O)NC(=O)COC(=O)c1ccccc1C(=O)c1ccc(Cl)cc1. The van der Waals surface area contributed by atoms with E-state index < -0.39 is 24.5 Å². The zero-order valence-electron chi connectivity index (χ0n) is 15.3. The third-order valence-electron chi connectivity index (χ3n) is 3.51. The normalized spacial score (nSPS) is 10.3. The Kier molecular flexibility index (Phi) is 7.28. The molecule has 3 amide bonds. The van der Waals surface area contributed by atoms with Crippen LogP contribution in [0.5, 0.6) is 0 Å². The first kappa shape index (κ1) is 21.1. The third kappa shape index (κ3) is 5.92. The summed E-state index contributed by atoms with van der Waals surface area (Å²) in [6.07, 6.45) is 0. The Morgan fingerprint density at radius 3 is 2.18 bits per heavy atom. The zero-order chi connectivity index (χ0) is 20.7. The van der Waals surface area contributed by atoms with Crippen molar-refractivity contribution in [3.8, 4) is 0 Å². The fraction of sp³-hybridized carbons (Fsp3) is 0.200. The number of hydrogen-bond acceptors (Lipinski definition) is 5. The Labute approximate surface area is 167 Å². The summed E-state index contributed by atoms with van der Waals surface area (Å²) in [5, 5.41) is 5.00. The van der Waals surface area contributed by atoms with E-state index in [0.29, 0.717) is 10.6 Å². The molecular formula is C20H19ClN2O5. The number of carbonyl (C=O) groups excluding carboxylic acids is 4. The van der Waals surface area contributed by atoms with Crippen molar-refractivity contribution in [3.63, 3.8) is 0 Å². The number of rotatable bonds is 6. The van der Waals surface area contributed by atoms with Crippen molar-refractivity contribution in [1.29, 1.82) is 0 Å². The molecule has 0 aliphatic rings. The van der Waals surface area contributed by atoms with Gasteiger partial charge in [0.1, 0.15) is 0 Å². The minimum Gasteiger partial charge on any atom is -0.452 e. The van der Waals surface area contributed by atoms with Gasteiger partial charge in [0.25, 0.3) is 5.91 Å².